The molecule has 2 nitrogen and oxygen atoms in total. The van der Waals surface area contributed by atoms with Crippen LogP contribution >= 0.6 is 22.6 Å². The molecule has 0 saturated carbocycles. The monoisotopic (exact) mass is 303 g/mol. The quantitative estimate of drug-likeness (QED) is 0.684. The van der Waals surface area contributed by atoms with Gasteiger partial charge in [-0.25, -0.2) is 4.39 Å². The fourth-order valence-corrected chi connectivity index (χ4v) is 2.12. The smallest absolute Gasteiger partial charge is 0.202 e. The molecule has 0 unspecified atom stereocenters. The molecule has 2 aromatic rings. The third-order valence-corrected chi connectivity index (χ3v) is 2.88. The minimum atomic E-state index is -0.325. The number of nitrogens with zero attached hydrogens (tertiary/aromatic N) is 1. The number of benzene rings is 1. The molecule has 1 aromatic carbocycles. The van der Waals surface area contributed by atoms with Gasteiger partial charge in [0, 0.05) is 18.6 Å². The number of rotatable bonds is 0. The van der Waals surface area contributed by atoms with Crippen LogP contribution in [-0.4, -0.2) is 4.57 Å². The predicted octanol–water partition coefficient (Wildman–Crippen LogP) is 2.28. The minimum absolute atomic E-state index is 0.0429. The summed E-state index contributed by atoms with van der Waals surface area (Å²) in [5.74, 6) is -0.325. The Morgan fingerprint density at radius 3 is 2.86 bits per heavy atom. The van der Waals surface area contributed by atoms with Crippen LogP contribution in [0.5, 0.6) is 0 Å². The van der Waals surface area contributed by atoms with E-state index in [1.165, 1.54) is 18.2 Å². The molecule has 0 aliphatic heterocycles. The zero-order valence-corrected chi connectivity index (χ0v) is 9.58. The van der Waals surface area contributed by atoms with Gasteiger partial charge in [0.15, 0.2) is 0 Å². The molecule has 2 rings (SSSR count). The molecule has 0 atom stereocenters. The van der Waals surface area contributed by atoms with Crippen LogP contribution in [0.25, 0.3) is 10.9 Å². The third kappa shape index (κ3) is 1.43. The lowest BCUT2D eigenvalue weighted by molar-refractivity contribution is 0.628. The highest BCUT2D eigenvalue weighted by molar-refractivity contribution is 14.1. The minimum Gasteiger partial charge on any atom is -0.349 e. The van der Waals surface area contributed by atoms with Crippen molar-refractivity contribution in [2.45, 2.75) is 0 Å². The number of fused-ring (bicyclic) bond motifs is 1. The Hall–Kier alpha value is -0.910. The van der Waals surface area contributed by atoms with Crippen LogP contribution in [0.1, 0.15) is 0 Å². The van der Waals surface area contributed by atoms with Crippen molar-refractivity contribution in [2.75, 3.05) is 0 Å². The number of halogens is 2. The van der Waals surface area contributed by atoms with E-state index < -0.39 is 0 Å². The Labute approximate surface area is 93.5 Å². The van der Waals surface area contributed by atoms with Crippen LogP contribution in [-0.2, 0) is 7.05 Å². The predicted molar refractivity (Wildman–Crippen MR) is 61.9 cm³/mol. The van der Waals surface area contributed by atoms with Gasteiger partial charge in [-0.3, -0.25) is 4.79 Å². The fraction of sp³-hybridized carbons (Fsp3) is 0.100. The average Bonchev–Trinajstić information content (AvgIpc) is 2.14. The van der Waals surface area contributed by atoms with Gasteiger partial charge in [0.25, 0.3) is 0 Å². The largest absolute Gasteiger partial charge is 0.349 e. The van der Waals surface area contributed by atoms with Crippen molar-refractivity contribution in [3.05, 3.63) is 44.0 Å². The average molecular weight is 303 g/mol. The zero-order chi connectivity index (χ0) is 10.3. The zero-order valence-electron chi connectivity index (χ0n) is 7.42. The summed E-state index contributed by atoms with van der Waals surface area (Å²) in [4.78, 5) is 11.6. The van der Waals surface area contributed by atoms with Crippen LogP contribution in [0, 0.1) is 9.39 Å². The van der Waals surface area contributed by atoms with Gasteiger partial charge in [0.05, 0.1) is 9.09 Å². The molecule has 0 amide bonds. The van der Waals surface area contributed by atoms with Gasteiger partial charge in [0.2, 0.25) is 5.43 Å². The Bertz CT molecular complexity index is 562. The van der Waals surface area contributed by atoms with E-state index >= 15 is 0 Å². The first-order valence-corrected chi connectivity index (χ1v) is 5.12. The summed E-state index contributed by atoms with van der Waals surface area (Å²) in [6.45, 7) is 0. The molecule has 0 fully saturated rings. The molecule has 1 aromatic heterocycles. The second-order valence-electron chi connectivity index (χ2n) is 3.08. The van der Waals surface area contributed by atoms with Crippen molar-refractivity contribution in [3.63, 3.8) is 0 Å². The van der Waals surface area contributed by atoms with E-state index in [4.69, 9.17) is 0 Å². The number of aromatic nitrogens is 1. The molecular weight excluding hydrogens is 296 g/mol. The Kier molecular flexibility index (Phi) is 2.30. The maximum Gasteiger partial charge on any atom is 0.202 e. The van der Waals surface area contributed by atoms with Gasteiger partial charge >= 0.3 is 0 Å². The van der Waals surface area contributed by atoms with Gasteiger partial charge in [0.1, 0.15) is 5.82 Å². The molecular formula is C10H7FINO. The van der Waals surface area contributed by atoms with Gasteiger partial charge in [-0.05, 0) is 40.8 Å². The lowest BCUT2D eigenvalue weighted by Gasteiger charge is -2.05. The van der Waals surface area contributed by atoms with E-state index in [1.54, 1.807) is 17.8 Å². The molecule has 0 aliphatic rings. The van der Waals surface area contributed by atoms with E-state index in [-0.39, 0.29) is 11.2 Å². The topological polar surface area (TPSA) is 22.0 Å². The normalized spacial score (nSPS) is 10.8. The first kappa shape index (κ1) is 9.64. The number of aryl methyl sites for hydroxylation is 1. The van der Waals surface area contributed by atoms with E-state index in [0.29, 0.717) is 14.5 Å². The fourth-order valence-electron chi connectivity index (χ4n) is 1.42. The molecule has 0 spiro atoms. The maximum atomic E-state index is 12.9. The van der Waals surface area contributed by atoms with Crippen LogP contribution in [0.3, 0.4) is 0 Å². The van der Waals surface area contributed by atoms with Gasteiger partial charge in [-0.15, -0.1) is 0 Å². The number of hydrogen-bond donors (Lipinski definition) is 0. The lowest BCUT2D eigenvalue weighted by atomic mass is 10.2. The van der Waals surface area contributed by atoms with Crippen molar-refractivity contribution >= 4 is 33.5 Å². The van der Waals surface area contributed by atoms with Gasteiger partial charge in [-0.1, -0.05) is 0 Å². The summed E-state index contributed by atoms with van der Waals surface area (Å²) in [7, 11) is 1.80. The summed E-state index contributed by atoms with van der Waals surface area (Å²) >= 11 is 1.98. The second-order valence-corrected chi connectivity index (χ2v) is 4.24. The summed E-state index contributed by atoms with van der Waals surface area (Å²) in [5, 5.41) is 0.556. The lowest BCUT2D eigenvalue weighted by Crippen LogP contribution is -2.10. The van der Waals surface area contributed by atoms with Crippen molar-refractivity contribution < 1.29 is 4.39 Å². The molecule has 1 heterocycles. The summed E-state index contributed by atoms with van der Waals surface area (Å²) in [6, 6.07) is 4.20. The van der Waals surface area contributed by atoms with E-state index in [1.807, 2.05) is 22.6 Å². The maximum absolute atomic E-state index is 12.9. The first-order valence-electron chi connectivity index (χ1n) is 4.04. The molecule has 0 bridgehead atoms. The standard InChI is InChI=1S/C10H7FINO/c1-13-5-8(12)10(14)7-3-2-6(11)4-9(7)13/h2-5H,1H3. The van der Waals surface area contributed by atoms with E-state index in [9.17, 15) is 9.18 Å². The van der Waals surface area contributed by atoms with Crippen molar-refractivity contribution in [3.8, 4) is 0 Å². The third-order valence-electron chi connectivity index (χ3n) is 2.11. The van der Waals surface area contributed by atoms with E-state index in [2.05, 4.69) is 0 Å². The van der Waals surface area contributed by atoms with Crippen LogP contribution in [0.2, 0.25) is 0 Å². The van der Waals surface area contributed by atoms with Crippen molar-refractivity contribution in [1.29, 1.82) is 0 Å². The highest BCUT2D eigenvalue weighted by Gasteiger charge is 2.05. The Balaban J connectivity index is 3.02. The van der Waals surface area contributed by atoms with Crippen LogP contribution in [0.15, 0.2) is 29.2 Å². The van der Waals surface area contributed by atoms with E-state index in [0.717, 1.165) is 0 Å². The highest BCUT2D eigenvalue weighted by Crippen LogP contribution is 2.13. The molecule has 14 heavy (non-hydrogen) atoms. The summed E-state index contributed by atoms with van der Waals surface area (Å²) in [6.07, 6.45) is 1.70. The van der Waals surface area contributed by atoms with Crippen LogP contribution in [0.4, 0.5) is 4.39 Å². The molecule has 72 valence electrons. The second kappa shape index (κ2) is 3.34. The van der Waals surface area contributed by atoms with Gasteiger partial charge < -0.3 is 4.57 Å². The molecule has 0 N–H and O–H groups in total. The van der Waals surface area contributed by atoms with Crippen LogP contribution < -0.4 is 5.43 Å². The van der Waals surface area contributed by atoms with Crippen molar-refractivity contribution in [1.82, 2.24) is 4.57 Å². The molecule has 0 saturated heterocycles. The molecule has 0 radical (unpaired) electrons. The van der Waals surface area contributed by atoms with Crippen molar-refractivity contribution in [2.24, 2.45) is 7.05 Å². The SMILES string of the molecule is Cn1cc(I)c(=O)c2ccc(F)cc21. The summed E-state index contributed by atoms with van der Waals surface area (Å²) in [5.41, 5.74) is 0.578. The summed E-state index contributed by atoms with van der Waals surface area (Å²) < 4.78 is 15.3. The molecule has 0 aliphatic carbocycles. The number of pyridine rings is 1. The highest BCUT2D eigenvalue weighted by atomic mass is 127. The van der Waals surface area contributed by atoms with Gasteiger partial charge in [-0.2, -0.15) is 0 Å². The first-order chi connectivity index (χ1) is 6.59. The number of hydrogen-bond acceptors (Lipinski definition) is 1. The molecule has 4 heteroatoms. The Morgan fingerprint density at radius 2 is 2.14 bits per heavy atom. The Morgan fingerprint density at radius 1 is 1.43 bits per heavy atom.